The molecule has 4 nitrogen and oxygen atoms in total. The number of nitrogens with one attached hydrogen (secondary N) is 1. The van der Waals surface area contributed by atoms with Crippen molar-refractivity contribution in [2.75, 3.05) is 13.2 Å². The van der Waals surface area contributed by atoms with Crippen LogP contribution in [0.15, 0.2) is 30.3 Å². The van der Waals surface area contributed by atoms with Crippen LogP contribution in [0, 0.1) is 0 Å². The van der Waals surface area contributed by atoms with Crippen LogP contribution in [-0.2, 0) is 0 Å². The van der Waals surface area contributed by atoms with Crippen LogP contribution >= 0.6 is 0 Å². The number of hydrogen-bond acceptors (Lipinski definition) is 4. The summed E-state index contributed by atoms with van der Waals surface area (Å²) in [6.45, 7) is 2.53. The molecule has 0 fully saturated rings. The Hall–Kier alpha value is -1.10. The van der Waals surface area contributed by atoms with E-state index in [0.29, 0.717) is 6.54 Å². The van der Waals surface area contributed by atoms with E-state index < -0.39 is 6.10 Å². The Balaban J connectivity index is 2.19. The first-order valence-electron chi connectivity index (χ1n) is 5.03. The van der Waals surface area contributed by atoms with Crippen molar-refractivity contribution in [2.24, 2.45) is 5.73 Å². The van der Waals surface area contributed by atoms with E-state index in [0.717, 1.165) is 5.75 Å². The van der Waals surface area contributed by atoms with Crippen LogP contribution in [0.1, 0.15) is 6.92 Å². The summed E-state index contributed by atoms with van der Waals surface area (Å²) in [7, 11) is 0. The third-order valence-corrected chi connectivity index (χ3v) is 1.86. The van der Waals surface area contributed by atoms with Crippen LogP contribution in [0.2, 0.25) is 0 Å². The predicted octanol–water partition coefficient (Wildman–Crippen LogP) is 0.321. The van der Waals surface area contributed by atoms with Crippen molar-refractivity contribution in [2.45, 2.75) is 19.2 Å². The SMILES string of the molecule is CC(N)NCC(O)COc1ccccc1. The van der Waals surface area contributed by atoms with E-state index in [-0.39, 0.29) is 12.8 Å². The summed E-state index contributed by atoms with van der Waals surface area (Å²) in [5.74, 6) is 0.761. The molecule has 0 spiro atoms. The van der Waals surface area contributed by atoms with Gasteiger partial charge in [-0.1, -0.05) is 18.2 Å². The molecule has 2 unspecified atom stereocenters. The summed E-state index contributed by atoms with van der Waals surface area (Å²) in [6, 6.07) is 9.40. The number of para-hydroxylation sites is 1. The van der Waals surface area contributed by atoms with E-state index in [1.54, 1.807) is 0 Å². The predicted molar refractivity (Wildman–Crippen MR) is 59.6 cm³/mol. The zero-order chi connectivity index (χ0) is 11.1. The van der Waals surface area contributed by atoms with E-state index in [9.17, 15) is 5.11 Å². The van der Waals surface area contributed by atoms with Gasteiger partial charge in [0.05, 0.1) is 6.17 Å². The second kappa shape index (κ2) is 6.40. The van der Waals surface area contributed by atoms with Crippen molar-refractivity contribution in [3.05, 3.63) is 30.3 Å². The Bertz CT molecular complexity index is 265. The topological polar surface area (TPSA) is 67.5 Å². The van der Waals surface area contributed by atoms with E-state index in [4.69, 9.17) is 10.5 Å². The minimum Gasteiger partial charge on any atom is -0.491 e. The van der Waals surface area contributed by atoms with Gasteiger partial charge >= 0.3 is 0 Å². The monoisotopic (exact) mass is 210 g/mol. The maximum absolute atomic E-state index is 9.52. The quantitative estimate of drug-likeness (QED) is 0.592. The third-order valence-electron chi connectivity index (χ3n) is 1.86. The van der Waals surface area contributed by atoms with Gasteiger partial charge in [-0.3, -0.25) is 5.32 Å². The fraction of sp³-hybridized carbons (Fsp3) is 0.455. The molecule has 4 heteroatoms. The number of hydrogen-bond donors (Lipinski definition) is 3. The van der Waals surface area contributed by atoms with Gasteiger partial charge in [0.2, 0.25) is 0 Å². The van der Waals surface area contributed by atoms with Crippen LogP contribution in [0.25, 0.3) is 0 Å². The molecule has 15 heavy (non-hydrogen) atoms. The number of aliphatic hydroxyl groups excluding tert-OH is 1. The first-order chi connectivity index (χ1) is 7.18. The highest BCUT2D eigenvalue weighted by molar-refractivity contribution is 5.20. The highest BCUT2D eigenvalue weighted by Crippen LogP contribution is 2.08. The second-order valence-corrected chi connectivity index (χ2v) is 3.47. The number of ether oxygens (including phenoxy) is 1. The molecule has 0 aromatic heterocycles. The Kier molecular flexibility index (Phi) is 5.10. The molecule has 0 amide bonds. The Morgan fingerprint density at radius 2 is 2.07 bits per heavy atom. The first kappa shape index (κ1) is 12.0. The second-order valence-electron chi connectivity index (χ2n) is 3.47. The van der Waals surface area contributed by atoms with E-state index in [1.807, 2.05) is 37.3 Å². The lowest BCUT2D eigenvalue weighted by Crippen LogP contribution is -2.41. The lowest BCUT2D eigenvalue weighted by Gasteiger charge is -2.14. The fourth-order valence-electron chi connectivity index (χ4n) is 1.09. The molecule has 0 aliphatic heterocycles. The third kappa shape index (κ3) is 5.37. The molecule has 0 aliphatic rings. The van der Waals surface area contributed by atoms with Crippen LogP contribution in [0.4, 0.5) is 0 Å². The summed E-state index contributed by atoms with van der Waals surface area (Å²) in [4.78, 5) is 0. The van der Waals surface area contributed by atoms with Crippen LogP contribution in [-0.4, -0.2) is 30.5 Å². The molecule has 2 atom stereocenters. The minimum absolute atomic E-state index is 0.114. The van der Waals surface area contributed by atoms with Gasteiger partial charge in [0.15, 0.2) is 0 Å². The molecule has 0 saturated carbocycles. The van der Waals surface area contributed by atoms with Crippen molar-refractivity contribution in [1.82, 2.24) is 5.32 Å². The van der Waals surface area contributed by atoms with Gasteiger partial charge in [-0.15, -0.1) is 0 Å². The largest absolute Gasteiger partial charge is 0.491 e. The molecular formula is C11H18N2O2. The molecule has 0 heterocycles. The molecule has 1 aromatic rings. The molecule has 0 aliphatic carbocycles. The minimum atomic E-state index is -0.545. The molecule has 0 bridgehead atoms. The van der Waals surface area contributed by atoms with Crippen molar-refractivity contribution < 1.29 is 9.84 Å². The van der Waals surface area contributed by atoms with E-state index >= 15 is 0 Å². The van der Waals surface area contributed by atoms with Gasteiger partial charge in [0.1, 0.15) is 18.5 Å². The van der Waals surface area contributed by atoms with Crippen LogP contribution < -0.4 is 15.8 Å². The van der Waals surface area contributed by atoms with Crippen molar-refractivity contribution in [3.8, 4) is 5.75 Å². The maximum atomic E-state index is 9.52. The average molecular weight is 210 g/mol. The van der Waals surface area contributed by atoms with Gasteiger partial charge in [-0.25, -0.2) is 0 Å². The van der Waals surface area contributed by atoms with E-state index in [1.165, 1.54) is 0 Å². The molecular weight excluding hydrogens is 192 g/mol. The Morgan fingerprint density at radius 3 is 2.67 bits per heavy atom. The van der Waals surface area contributed by atoms with Gasteiger partial charge in [-0.2, -0.15) is 0 Å². The standard InChI is InChI=1S/C11H18N2O2/c1-9(12)13-7-10(14)8-15-11-5-3-2-4-6-11/h2-6,9-10,13-14H,7-8,12H2,1H3. The fourth-order valence-corrected chi connectivity index (χ4v) is 1.09. The van der Waals surface area contributed by atoms with E-state index in [2.05, 4.69) is 5.32 Å². The summed E-state index contributed by atoms with van der Waals surface area (Å²) < 4.78 is 5.37. The molecule has 84 valence electrons. The lowest BCUT2D eigenvalue weighted by atomic mass is 10.3. The van der Waals surface area contributed by atoms with Crippen molar-refractivity contribution in [1.29, 1.82) is 0 Å². The summed E-state index contributed by atoms with van der Waals surface area (Å²) in [6.07, 6.45) is -0.660. The lowest BCUT2D eigenvalue weighted by molar-refractivity contribution is 0.104. The summed E-state index contributed by atoms with van der Waals surface area (Å²) >= 11 is 0. The number of rotatable bonds is 6. The van der Waals surface area contributed by atoms with Gasteiger partial charge in [0.25, 0.3) is 0 Å². The first-order valence-corrected chi connectivity index (χ1v) is 5.03. The Morgan fingerprint density at radius 1 is 1.40 bits per heavy atom. The maximum Gasteiger partial charge on any atom is 0.119 e. The number of aliphatic hydroxyl groups is 1. The molecule has 0 radical (unpaired) electrons. The van der Waals surface area contributed by atoms with Crippen molar-refractivity contribution >= 4 is 0 Å². The molecule has 1 aromatic carbocycles. The molecule has 4 N–H and O–H groups in total. The number of benzene rings is 1. The van der Waals surface area contributed by atoms with Gasteiger partial charge < -0.3 is 15.6 Å². The summed E-state index contributed by atoms with van der Waals surface area (Å²) in [5.41, 5.74) is 5.48. The highest BCUT2D eigenvalue weighted by atomic mass is 16.5. The summed E-state index contributed by atoms with van der Waals surface area (Å²) in [5, 5.41) is 12.4. The zero-order valence-corrected chi connectivity index (χ0v) is 8.89. The zero-order valence-electron chi connectivity index (χ0n) is 8.89. The van der Waals surface area contributed by atoms with Crippen molar-refractivity contribution in [3.63, 3.8) is 0 Å². The highest BCUT2D eigenvalue weighted by Gasteiger charge is 2.05. The Labute approximate surface area is 90.1 Å². The molecule has 0 saturated heterocycles. The van der Waals surface area contributed by atoms with Crippen LogP contribution in [0.5, 0.6) is 5.75 Å². The van der Waals surface area contributed by atoms with Crippen LogP contribution in [0.3, 0.4) is 0 Å². The van der Waals surface area contributed by atoms with Gasteiger partial charge in [-0.05, 0) is 19.1 Å². The normalized spacial score (nSPS) is 14.6. The average Bonchev–Trinajstić information content (AvgIpc) is 2.25. The molecule has 1 rings (SSSR count). The number of nitrogens with two attached hydrogens (primary N) is 1. The van der Waals surface area contributed by atoms with Gasteiger partial charge in [0, 0.05) is 6.54 Å². The smallest absolute Gasteiger partial charge is 0.119 e.